The molecular formula is C13H26N2O2. The Kier molecular flexibility index (Phi) is 5.92. The summed E-state index contributed by atoms with van der Waals surface area (Å²) in [6.07, 6.45) is 4.52. The van der Waals surface area contributed by atoms with Crippen LogP contribution in [0.3, 0.4) is 0 Å². The molecule has 3 atom stereocenters. The van der Waals surface area contributed by atoms with Crippen molar-refractivity contribution in [3.05, 3.63) is 0 Å². The van der Waals surface area contributed by atoms with E-state index in [1.165, 1.54) is 6.42 Å². The summed E-state index contributed by atoms with van der Waals surface area (Å²) in [6.45, 7) is 5.57. The number of ether oxygens (including phenoxy) is 1. The molecule has 0 aliphatic carbocycles. The summed E-state index contributed by atoms with van der Waals surface area (Å²) in [5, 5.41) is 0. The lowest BCUT2D eigenvalue weighted by Gasteiger charge is -2.30. The van der Waals surface area contributed by atoms with Crippen LogP contribution in [0.25, 0.3) is 0 Å². The second kappa shape index (κ2) is 6.97. The third-order valence-corrected chi connectivity index (χ3v) is 3.67. The number of amides is 1. The molecule has 1 saturated heterocycles. The molecule has 2 N–H and O–H groups in total. The van der Waals surface area contributed by atoms with Crippen LogP contribution in [-0.2, 0) is 9.53 Å². The van der Waals surface area contributed by atoms with Gasteiger partial charge < -0.3 is 15.4 Å². The lowest BCUT2D eigenvalue weighted by Crippen LogP contribution is -2.48. The lowest BCUT2D eigenvalue weighted by atomic mass is 9.99. The fraction of sp³-hybridized carbons (Fsp3) is 0.923. The number of rotatable bonds is 5. The molecule has 0 saturated carbocycles. The van der Waals surface area contributed by atoms with Crippen molar-refractivity contribution in [2.24, 2.45) is 11.7 Å². The van der Waals surface area contributed by atoms with Crippen LogP contribution < -0.4 is 5.73 Å². The zero-order chi connectivity index (χ0) is 12.8. The average molecular weight is 242 g/mol. The first kappa shape index (κ1) is 14.5. The van der Waals surface area contributed by atoms with Crippen LogP contribution in [0.2, 0.25) is 0 Å². The highest BCUT2D eigenvalue weighted by Crippen LogP contribution is 2.14. The van der Waals surface area contributed by atoms with E-state index < -0.39 is 0 Å². The van der Waals surface area contributed by atoms with Crippen LogP contribution in [0.4, 0.5) is 0 Å². The normalized spacial score (nSPS) is 24.1. The van der Waals surface area contributed by atoms with Crippen molar-refractivity contribution in [2.75, 3.05) is 20.2 Å². The van der Waals surface area contributed by atoms with Crippen LogP contribution in [0.15, 0.2) is 0 Å². The third kappa shape index (κ3) is 4.28. The first-order valence-corrected chi connectivity index (χ1v) is 6.68. The molecule has 0 aromatic rings. The van der Waals surface area contributed by atoms with Crippen molar-refractivity contribution in [2.45, 2.75) is 51.7 Å². The Bertz CT molecular complexity index is 240. The molecule has 0 aromatic carbocycles. The molecular weight excluding hydrogens is 216 g/mol. The molecule has 1 fully saturated rings. The topological polar surface area (TPSA) is 55.6 Å². The molecule has 1 rings (SSSR count). The number of carbonyl (C=O) groups is 1. The van der Waals surface area contributed by atoms with Gasteiger partial charge in [-0.15, -0.1) is 0 Å². The number of nitrogens with two attached hydrogens (primary N) is 1. The van der Waals surface area contributed by atoms with Gasteiger partial charge in [0.25, 0.3) is 0 Å². The van der Waals surface area contributed by atoms with Crippen LogP contribution in [-0.4, -0.2) is 43.2 Å². The molecule has 0 bridgehead atoms. The monoisotopic (exact) mass is 242 g/mol. The predicted molar refractivity (Wildman–Crippen MR) is 68.7 cm³/mol. The van der Waals surface area contributed by atoms with Gasteiger partial charge in [0, 0.05) is 20.2 Å². The number of likely N-dealkylation sites (N-methyl/N-ethyl adjacent to an activating group) is 1. The Balaban J connectivity index is 2.40. The second-order valence-electron chi connectivity index (χ2n) is 5.12. The van der Waals surface area contributed by atoms with Gasteiger partial charge in [0.15, 0.2) is 0 Å². The van der Waals surface area contributed by atoms with E-state index in [1.807, 2.05) is 14.0 Å². The van der Waals surface area contributed by atoms with Gasteiger partial charge in [-0.25, -0.2) is 0 Å². The van der Waals surface area contributed by atoms with Gasteiger partial charge in [0.05, 0.1) is 12.1 Å². The molecule has 1 aliphatic rings. The van der Waals surface area contributed by atoms with Crippen molar-refractivity contribution >= 4 is 5.91 Å². The van der Waals surface area contributed by atoms with Crippen molar-refractivity contribution < 1.29 is 9.53 Å². The van der Waals surface area contributed by atoms with Gasteiger partial charge >= 0.3 is 0 Å². The van der Waals surface area contributed by atoms with Crippen LogP contribution in [0.5, 0.6) is 0 Å². The smallest absolute Gasteiger partial charge is 0.239 e. The summed E-state index contributed by atoms with van der Waals surface area (Å²) in [5.74, 6) is 0.269. The van der Waals surface area contributed by atoms with E-state index in [9.17, 15) is 4.79 Å². The summed E-state index contributed by atoms with van der Waals surface area (Å²) in [6, 6.07) is -0.381. The Hall–Kier alpha value is -0.610. The van der Waals surface area contributed by atoms with Gasteiger partial charge in [0.1, 0.15) is 0 Å². The van der Waals surface area contributed by atoms with Crippen LogP contribution in [0.1, 0.15) is 39.5 Å². The quantitative estimate of drug-likeness (QED) is 0.792. The minimum absolute atomic E-state index is 0.0357. The number of carbonyl (C=O) groups excluding carboxylic acids is 1. The molecule has 0 radical (unpaired) electrons. The van der Waals surface area contributed by atoms with Crippen LogP contribution in [0, 0.1) is 5.92 Å². The zero-order valence-electron chi connectivity index (χ0n) is 11.3. The average Bonchev–Trinajstić information content (AvgIpc) is 2.37. The van der Waals surface area contributed by atoms with Crippen molar-refractivity contribution in [1.29, 1.82) is 0 Å². The van der Waals surface area contributed by atoms with Gasteiger partial charge in [0.2, 0.25) is 5.91 Å². The fourth-order valence-corrected chi connectivity index (χ4v) is 2.10. The first-order valence-electron chi connectivity index (χ1n) is 6.68. The molecule has 1 amide bonds. The third-order valence-electron chi connectivity index (χ3n) is 3.67. The van der Waals surface area contributed by atoms with Gasteiger partial charge in [-0.05, 0) is 25.2 Å². The fourth-order valence-electron chi connectivity index (χ4n) is 2.10. The maximum Gasteiger partial charge on any atom is 0.239 e. The largest absolute Gasteiger partial charge is 0.376 e. The van der Waals surface area contributed by atoms with Crippen LogP contribution >= 0.6 is 0 Å². The van der Waals surface area contributed by atoms with E-state index in [1.54, 1.807) is 4.90 Å². The Morgan fingerprint density at radius 1 is 1.53 bits per heavy atom. The van der Waals surface area contributed by atoms with E-state index >= 15 is 0 Å². The highest BCUT2D eigenvalue weighted by Gasteiger charge is 2.25. The molecule has 4 heteroatoms. The summed E-state index contributed by atoms with van der Waals surface area (Å²) in [7, 11) is 1.82. The Labute approximate surface area is 104 Å². The predicted octanol–water partition coefficient (Wildman–Crippen LogP) is 1.39. The van der Waals surface area contributed by atoms with Crippen molar-refractivity contribution in [1.82, 2.24) is 4.90 Å². The minimum Gasteiger partial charge on any atom is -0.376 e. The van der Waals surface area contributed by atoms with Gasteiger partial charge in [-0.3, -0.25) is 4.79 Å². The Morgan fingerprint density at radius 3 is 2.76 bits per heavy atom. The summed E-state index contributed by atoms with van der Waals surface area (Å²) in [4.78, 5) is 13.8. The zero-order valence-corrected chi connectivity index (χ0v) is 11.3. The molecule has 1 aliphatic heterocycles. The summed E-state index contributed by atoms with van der Waals surface area (Å²) < 4.78 is 5.63. The molecule has 0 spiro atoms. The highest BCUT2D eigenvalue weighted by molar-refractivity contribution is 5.81. The second-order valence-corrected chi connectivity index (χ2v) is 5.12. The summed E-state index contributed by atoms with van der Waals surface area (Å²) >= 11 is 0. The van der Waals surface area contributed by atoms with E-state index in [0.717, 1.165) is 25.9 Å². The Morgan fingerprint density at radius 2 is 2.24 bits per heavy atom. The SMILES string of the molecule is CCC(C)[C@H](N)C(=O)N(C)CC1CCCCO1. The molecule has 100 valence electrons. The number of hydrogen-bond donors (Lipinski definition) is 1. The molecule has 1 heterocycles. The molecule has 17 heavy (non-hydrogen) atoms. The highest BCUT2D eigenvalue weighted by atomic mass is 16.5. The van der Waals surface area contributed by atoms with Gasteiger partial charge in [-0.1, -0.05) is 20.3 Å². The minimum atomic E-state index is -0.381. The standard InChI is InChI=1S/C13H26N2O2/c1-4-10(2)12(14)13(16)15(3)9-11-7-5-6-8-17-11/h10-12H,4-9,14H2,1-3H3/t10?,11?,12-/m0/s1. The first-order chi connectivity index (χ1) is 8.06. The van der Waals surface area contributed by atoms with Crippen molar-refractivity contribution in [3.63, 3.8) is 0 Å². The molecule has 0 aromatic heterocycles. The summed E-state index contributed by atoms with van der Waals surface area (Å²) in [5.41, 5.74) is 5.95. The van der Waals surface area contributed by atoms with E-state index in [0.29, 0.717) is 6.54 Å². The molecule has 2 unspecified atom stereocenters. The van der Waals surface area contributed by atoms with E-state index in [2.05, 4.69) is 6.92 Å². The maximum absolute atomic E-state index is 12.1. The van der Waals surface area contributed by atoms with E-state index in [4.69, 9.17) is 10.5 Å². The number of nitrogens with zero attached hydrogens (tertiary/aromatic N) is 1. The van der Waals surface area contributed by atoms with Crippen molar-refractivity contribution in [3.8, 4) is 0 Å². The maximum atomic E-state index is 12.1. The lowest BCUT2D eigenvalue weighted by molar-refractivity contribution is -0.134. The number of hydrogen-bond acceptors (Lipinski definition) is 3. The van der Waals surface area contributed by atoms with Gasteiger partial charge in [-0.2, -0.15) is 0 Å². The van der Waals surface area contributed by atoms with E-state index in [-0.39, 0.29) is 24.0 Å². The molecule has 4 nitrogen and oxygen atoms in total.